The molecule has 5 rings (SSSR count). The molecule has 2 aromatic heterocycles. The molecule has 1 aliphatic rings. The summed E-state index contributed by atoms with van der Waals surface area (Å²) in [6.45, 7) is 8.53. The molecule has 6 nitrogen and oxygen atoms in total. The first-order chi connectivity index (χ1) is 15.9. The van der Waals surface area contributed by atoms with Crippen molar-refractivity contribution in [3.8, 4) is 11.4 Å². The third kappa shape index (κ3) is 4.14. The topological polar surface area (TPSA) is 64.3 Å². The number of piperazine rings is 1. The Morgan fingerprint density at radius 1 is 1.15 bits per heavy atom. The number of hydrogen-bond acceptors (Lipinski definition) is 5. The molecular formula is C26H29N5OS. The molecule has 1 fully saturated rings. The molecule has 1 amide bonds. The highest BCUT2D eigenvalue weighted by Crippen LogP contribution is 2.32. The predicted molar refractivity (Wildman–Crippen MR) is 137 cm³/mol. The molecule has 1 aliphatic heterocycles. The zero-order valence-electron chi connectivity index (χ0n) is 19.4. The maximum Gasteiger partial charge on any atom is 0.257 e. The smallest absolute Gasteiger partial charge is 0.257 e. The Bertz CT molecular complexity index is 1280. The van der Waals surface area contributed by atoms with E-state index in [4.69, 9.17) is 0 Å². The number of carbonyl (C=O) groups excluding carboxylic acids is 1. The summed E-state index contributed by atoms with van der Waals surface area (Å²) in [5, 5.41) is 6.06. The fraction of sp³-hybridized carbons (Fsp3) is 0.308. The van der Waals surface area contributed by atoms with Crippen molar-refractivity contribution in [2.75, 3.05) is 30.4 Å². The molecule has 0 aliphatic carbocycles. The minimum Gasteiger partial charge on any atom is -0.368 e. The molecule has 7 heteroatoms. The van der Waals surface area contributed by atoms with E-state index in [1.54, 1.807) is 17.5 Å². The molecule has 0 spiro atoms. The van der Waals surface area contributed by atoms with E-state index in [-0.39, 0.29) is 5.91 Å². The zero-order chi connectivity index (χ0) is 23.1. The van der Waals surface area contributed by atoms with Crippen LogP contribution < -0.4 is 10.2 Å². The van der Waals surface area contributed by atoms with Crippen LogP contribution >= 0.6 is 11.3 Å². The number of rotatable bonds is 4. The number of aryl methyl sites for hydroxylation is 1. The summed E-state index contributed by atoms with van der Waals surface area (Å²) in [5.41, 5.74) is 4.77. The van der Waals surface area contributed by atoms with Crippen molar-refractivity contribution in [3.05, 3.63) is 65.3 Å². The highest BCUT2D eigenvalue weighted by Gasteiger charge is 2.27. The highest BCUT2D eigenvalue weighted by molar-refractivity contribution is 7.17. The molecule has 4 aromatic rings. The van der Waals surface area contributed by atoms with Crippen LogP contribution in [-0.4, -0.2) is 53.0 Å². The number of hydrogen-bond donors (Lipinski definition) is 2. The molecule has 2 N–H and O–H groups in total. The van der Waals surface area contributed by atoms with E-state index in [9.17, 15) is 4.79 Å². The van der Waals surface area contributed by atoms with E-state index in [0.29, 0.717) is 12.1 Å². The summed E-state index contributed by atoms with van der Waals surface area (Å²) < 4.78 is 1.13. The summed E-state index contributed by atoms with van der Waals surface area (Å²) in [4.78, 5) is 25.5. The number of amides is 1. The maximum absolute atomic E-state index is 13.2. The fourth-order valence-corrected chi connectivity index (χ4v) is 5.54. The third-order valence-corrected chi connectivity index (χ3v) is 7.73. The Morgan fingerprint density at radius 3 is 2.64 bits per heavy atom. The lowest BCUT2D eigenvalue weighted by molar-refractivity contribution is 0.102. The molecule has 0 saturated carbocycles. The number of nitrogens with one attached hydrogen (secondary N) is 2. The van der Waals surface area contributed by atoms with Gasteiger partial charge >= 0.3 is 0 Å². The number of H-pyrrole nitrogens is 1. The van der Waals surface area contributed by atoms with Crippen molar-refractivity contribution in [1.29, 1.82) is 0 Å². The lowest BCUT2D eigenvalue weighted by Gasteiger charge is -2.43. The van der Waals surface area contributed by atoms with Crippen LogP contribution in [0, 0.1) is 6.92 Å². The van der Waals surface area contributed by atoms with Gasteiger partial charge in [-0.15, -0.1) is 11.3 Å². The van der Waals surface area contributed by atoms with Crippen molar-refractivity contribution in [1.82, 2.24) is 14.9 Å². The molecule has 2 atom stereocenters. The number of aromatic amines is 1. The number of aromatic nitrogens is 2. The van der Waals surface area contributed by atoms with E-state index in [1.807, 2.05) is 36.7 Å². The Hall–Kier alpha value is -3.16. The minimum atomic E-state index is -0.0799. The molecule has 33 heavy (non-hydrogen) atoms. The van der Waals surface area contributed by atoms with Gasteiger partial charge in [-0.05, 0) is 69.8 Å². The van der Waals surface area contributed by atoms with Crippen molar-refractivity contribution in [2.24, 2.45) is 0 Å². The lowest BCUT2D eigenvalue weighted by atomic mass is 10.1. The van der Waals surface area contributed by atoms with Gasteiger partial charge in [-0.25, -0.2) is 4.98 Å². The number of imidazole rings is 1. The molecule has 0 bridgehead atoms. The Balaban J connectivity index is 1.39. The third-order valence-electron chi connectivity index (χ3n) is 6.76. The number of anilines is 2. The number of nitrogens with zero attached hydrogens (tertiary/aromatic N) is 3. The number of likely N-dealkylation sites (N-methyl/N-ethyl adjacent to an activating group) is 1. The van der Waals surface area contributed by atoms with Crippen molar-refractivity contribution < 1.29 is 4.79 Å². The van der Waals surface area contributed by atoms with Crippen LogP contribution in [0.1, 0.15) is 29.8 Å². The highest BCUT2D eigenvalue weighted by atomic mass is 32.1. The van der Waals surface area contributed by atoms with Gasteiger partial charge in [-0.2, -0.15) is 0 Å². The van der Waals surface area contributed by atoms with Gasteiger partial charge in [0.15, 0.2) is 0 Å². The predicted octanol–water partition coefficient (Wildman–Crippen LogP) is 5.38. The normalized spacial score (nSPS) is 19.2. The first kappa shape index (κ1) is 21.7. The summed E-state index contributed by atoms with van der Waals surface area (Å²) in [6.07, 6.45) is 3.55. The molecule has 2 aromatic carbocycles. The van der Waals surface area contributed by atoms with Crippen LogP contribution in [0.2, 0.25) is 0 Å². The van der Waals surface area contributed by atoms with E-state index in [0.717, 1.165) is 51.4 Å². The number of carbonyl (C=O) groups is 1. The van der Waals surface area contributed by atoms with Crippen LogP contribution in [0.5, 0.6) is 0 Å². The number of thiophene rings is 1. The van der Waals surface area contributed by atoms with Crippen LogP contribution in [0.4, 0.5) is 11.4 Å². The molecule has 3 heterocycles. The second-order valence-corrected chi connectivity index (χ2v) is 9.93. The SMILES string of the molecule is Cc1cc(NC(=O)c2csc3ccc(N4C[C@@H](C)N(C)[C@@H](C)C4)cc23)ccc1-c1ncc[nH]1. The summed E-state index contributed by atoms with van der Waals surface area (Å²) in [5.74, 6) is 0.748. The van der Waals surface area contributed by atoms with Gasteiger partial charge in [-0.3, -0.25) is 9.69 Å². The van der Waals surface area contributed by atoms with Crippen LogP contribution in [0.25, 0.3) is 21.5 Å². The van der Waals surface area contributed by atoms with Crippen LogP contribution in [0.3, 0.4) is 0 Å². The van der Waals surface area contributed by atoms with E-state index in [1.165, 1.54) is 5.69 Å². The van der Waals surface area contributed by atoms with Gasteiger partial charge in [0.25, 0.3) is 5.91 Å². The van der Waals surface area contributed by atoms with Gasteiger partial charge in [0.1, 0.15) is 5.82 Å². The minimum absolute atomic E-state index is 0.0799. The average Bonchev–Trinajstić information content (AvgIpc) is 3.47. The van der Waals surface area contributed by atoms with Crippen molar-refractivity contribution in [3.63, 3.8) is 0 Å². The Morgan fingerprint density at radius 2 is 1.94 bits per heavy atom. The molecule has 0 radical (unpaired) electrons. The maximum atomic E-state index is 13.2. The standard InChI is InChI=1S/C26H29N5OS/c1-16-11-19(5-7-21(16)25-27-9-10-28-25)29-26(32)23-15-33-24-8-6-20(12-22(23)24)31-13-17(2)30(4)18(3)14-31/h5-12,15,17-18H,13-14H2,1-4H3,(H,27,28)(H,29,32)/t17-,18+. The second-order valence-electron chi connectivity index (χ2n) is 9.02. The quantitative estimate of drug-likeness (QED) is 0.430. The molecular weight excluding hydrogens is 430 g/mol. The van der Waals surface area contributed by atoms with Crippen LogP contribution in [-0.2, 0) is 0 Å². The number of fused-ring (bicyclic) bond motifs is 1. The van der Waals surface area contributed by atoms with Gasteiger partial charge in [0, 0.05) is 70.0 Å². The summed E-state index contributed by atoms with van der Waals surface area (Å²) >= 11 is 1.61. The van der Waals surface area contributed by atoms with Crippen molar-refractivity contribution >= 4 is 38.7 Å². The average molecular weight is 460 g/mol. The first-order valence-electron chi connectivity index (χ1n) is 11.3. The van der Waals surface area contributed by atoms with Gasteiger partial charge in [-0.1, -0.05) is 0 Å². The largest absolute Gasteiger partial charge is 0.368 e. The van der Waals surface area contributed by atoms with Gasteiger partial charge < -0.3 is 15.2 Å². The van der Waals surface area contributed by atoms with Crippen molar-refractivity contribution in [2.45, 2.75) is 32.9 Å². The molecule has 170 valence electrons. The molecule has 0 unspecified atom stereocenters. The zero-order valence-corrected chi connectivity index (χ0v) is 20.2. The van der Waals surface area contributed by atoms with E-state index >= 15 is 0 Å². The summed E-state index contributed by atoms with van der Waals surface area (Å²) in [6, 6.07) is 13.4. The van der Waals surface area contributed by atoms with E-state index in [2.05, 4.69) is 64.2 Å². The molecule has 1 saturated heterocycles. The van der Waals surface area contributed by atoms with Gasteiger partial charge in [0.05, 0.1) is 5.56 Å². The fourth-order valence-electron chi connectivity index (χ4n) is 4.62. The van der Waals surface area contributed by atoms with E-state index < -0.39 is 0 Å². The monoisotopic (exact) mass is 459 g/mol. The van der Waals surface area contributed by atoms with Gasteiger partial charge in [0.2, 0.25) is 0 Å². The Labute approximate surface area is 198 Å². The lowest BCUT2D eigenvalue weighted by Crippen LogP contribution is -2.55. The summed E-state index contributed by atoms with van der Waals surface area (Å²) in [7, 11) is 2.19. The first-order valence-corrected chi connectivity index (χ1v) is 12.2. The second kappa shape index (κ2) is 8.65. The Kier molecular flexibility index (Phi) is 5.68. The van der Waals surface area contributed by atoms with Crippen LogP contribution in [0.15, 0.2) is 54.2 Å². The number of benzene rings is 2.